The van der Waals surface area contributed by atoms with Crippen molar-refractivity contribution in [2.45, 2.75) is 322 Å². The number of hydrogen-bond acceptors (Lipinski definition) is 6. The quantitative estimate of drug-likeness (QED) is 0.0262. The van der Waals surface area contributed by atoms with E-state index in [-0.39, 0.29) is 31.1 Å². The molecule has 0 aromatic rings. The first-order chi connectivity index (χ1) is 32.0. The summed E-state index contributed by atoms with van der Waals surface area (Å²) in [6, 6.07) is 0. The maximum Gasteiger partial charge on any atom is 0.306 e. The Morgan fingerprint density at radius 3 is 0.815 bits per heavy atom. The SMILES string of the molecule is CCCC/C=C\CCCCCCCC(=O)OC(COC(=O)CCCCCCCCCCCCC)COC(=O)CCCCCCCCCCCCCCC/C=C\CCCCCCCCCC. The first-order valence-corrected chi connectivity index (χ1v) is 28.8. The van der Waals surface area contributed by atoms with Gasteiger partial charge in [0.1, 0.15) is 13.2 Å². The number of esters is 3. The Kier molecular flexibility index (Phi) is 52.7. The van der Waals surface area contributed by atoms with Gasteiger partial charge in [-0.25, -0.2) is 0 Å². The first kappa shape index (κ1) is 62.9. The predicted octanol–water partition coefficient (Wildman–Crippen LogP) is 19.1. The van der Waals surface area contributed by atoms with Crippen LogP contribution >= 0.6 is 0 Å². The Bertz CT molecular complexity index is 1050. The highest BCUT2D eigenvalue weighted by Gasteiger charge is 2.19. The molecular weight excluding hydrogens is 805 g/mol. The van der Waals surface area contributed by atoms with Crippen molar-refractivity contribution in [2.75, 3.05) is 13.2 Å². The summed E-state index contributed by atoms with van der Waals surface area (Å²) in [6.07, 6.45) is 63.3. The summed E-state index contributed by atoms with van der Waals surface area (Å²) in [5, 5.41) is 0. The second-order valence-corrected chi connectivity index (χ2v) is 19.6. The zero-order valence-corrected chi connectivity index (χ0v) is 43.8. The van der Waals surface area contributed by atoms with E-state index in [1.165, 1.54) is 212 Å². The van der Waals surface area contributed by atoms with Crippen LogP contribution in [0.1, 0.15) is 316 Å². The number of carbonyl (C=O) groups is 3. The molecule has 0 aromatic heterocycles. The molecule has 0 rings (SSSR count). The minimum absolute atomic E-state index is 0.0705. The first-order valence-electron chi connectivity index (χ1n) is 28.8. The number of unbranched alkanes of at least 4 members (excludes halogenated alkanes) is 38. The molecule has 0 N–H and O–H groups in total. The molecule has 0 fully saturated rings. The lowest BCUT2D eigenvalue weighted by atomic mass is 10.0. The van der Waals surface area contributed by atoms with Crippen LogP contribution in [0.2, 0.25) is 0 Å². The molecule has 0 bridgehead atoms. The van der Waals surface area contributed by atoms with Crippen LogP contribution in [0.25, 0.3) is 0 Å². The number of allylic oxidation sites excluding steroid dienone is 4. The van der Waals surface area contributed by atoms with Gasteiger partial charge in [-0.1, -0.05) is 257 Å². The summed E-state index contributed by atoms with van der Waals surface area (Å²) in [7, 11) is 0. The van der Waals surface area contributed by atoms with Gasteiger partial charge in [0.05, 0.1) is 0 Å². The van der Waals surface area contributed by atoms with E-state index < -0.39 is 6.10 Å². The van der Waals surface area contributed by atoms with Crippen LogP contribution in [0.5, 0.6) is 0 Å². The molecule has 0 radical (unpaired) electrons. The minimum atomic E-state index is -0.770. The second-order valence-electron chi connectivity index (χ2n) is 19.6. The van der Waals surface area contributed by atoms with Crippen LogP contribution in [0, 0.1) is 0 Å². The van der Waals surface area contributed by atoms with Gasteiger partial charge in [0.15, 0.2) is 6.10 Å². The lowest BCUT2D eigenvalue weighted by Crippen LogP contribution is -2.30. The molecule has 0 amide bonds. The van der Waals surface area contributed by atoms with Gasteiger partial charge in [0.2, 0.25) is 0 Å². The number of carbonyl (C=O) groups excluding carboxylic acids is 3. The Morgan fingerprint density at radius 2 is 0.523 bits per heavy atom. The molecule has 0 heterocycles. The molecule has 0 spiro atoms. The summed E-state index contributed by atoms with van der Waals surface area (Å²) < 4.78 is 16.8. The van der Waals surface area contributed by atoms with Gasteiger partial charge >= 0.3 is 17.9 Å². The third-order valence-electron chi connectivity index (χ3n) is 12.9. The number of hydrogen-bond donors (Lipinski definition) is 0. The van der Waals surface area contributed by atoms with E-state index in [9.17, 15) is 14.4 Å². The maximum absolute atomic E-state index is 12.8. The lowest BCUT2D eigenvalue weighted by molar-refractivity contribution is -0.167. The highest BCUT2D eigenvalue weighted by molar-refractivity contribution is 5.71. The van der Waals surface area contributed by atoms with E-state index in [4.69, 9.17) is 14.2 Å². The molecule has 0 aliphatic rings. The molecular formula is C59H110O6. The van der Waals surface area contributed by atoms with Crippen molar-refractivity contribution in [1.29, 1.82) is 0 Å². The van der Waals surface area contributed by atoms with Crippen LogP contribution in [-0.2, 0) is 28.6 Å². The molecule has 1 unspecified atom stereocenters. The van der Waals surface area contributed by atoms with Crippen LogP contribution < -0.4 is 0 Å². The molecule has 6 nitrogen and oxygen atoms in total. The van der Waals surface area contributed by atoms with E-state index >= 15 is 0 Å². The minimum Gasteiger partial charge on any atom is -0.462 e. The topological polar surface area (TPSA) is 78.9 Å². The fraction of sp³-hybridized carbons (Fsp3) is 0.881. The van der Waals surface area contributed by atoms with Crippen molar-refractivity contribution in [1.82, 2.24) is 0 Å². The molecule has 382 valence electrons. The van der Waals surface area contributed by atoms with Crippen LogP contribution in [0.15, 0.2) is 24.3 Å². The monoisotopic (exact) mass is 915 g/mol. The molecule has 0 saturated heterocycles. The smallest absolute Gasteiger partial charge is 0.306 e. The van der Waals surface area contributed by atoms with E-state index in [2.05, 4.69) is 45.1 Å². The van der Waals surface area contributed by atoms with E-state index in [1.807, 2.05) is 0 Å². The molecule has 0 aromatic carbocycles. The Balaban J connectivity index is 4.14. The highest BCUT2D eigenvalue weighted by atomic mass is 16.6. The summed E-state index contributed by atoms with van der Waals surface area (Å²) in [4.78, 5) is 38.0. The normalized spacial score (nSPS) is 12.1. The van der Waals surface area contributed by atoms with Crippen molar-refractivity contribution in [3.8, 4) is 0 Å². The van der Waals surface area contributed by atoms with Gasteiger partial charge in [0.25, 0.3) is 0 Å². The summed E-state index contributed by atoms with van der Waals surface area (Å²) in [5.41, 5.74) is 0. The third-order valence-corrected chi connectivity index (χ3v) is 12.9. The van der Waals surface area contributed by atoms with Gasteiger partial charge in [-0.15, -0.1) is 0 Å². The summed E-state index contributed by atoms with van der Waals surface area (Å²) in [6.45, 7) is 6.62. The molecule has 0 aliphatic heterocycles. The molecule has 0 aliphatic carbocycles. The Labute approximate surface area is 404 Å². The number of rotatable bonds is 53. The average molecular weight is 916 g/mol. The van der Waals surface area contributed by atoms with Gasteiger partial charge in [-0.05, 0) is 64.2 Å². The van der Waals surface area contributed by atoms with E-state index in [1.54, 1.807) is 0 Å². The van der Waals surface area contributed by atoms with Crippen molar-refractivity contribution in [3.05, 3.63) is 24.3 Å². The van der Waals surface area contributed by atoms with Crippen molar-refractivity contribution in [2.24, 2.45) is 0 Å². The van der Waals surface area contributed by atoms with Crippen molar-refractivity contribution >= 4 is 17.9 Å². The van der Waals surface area contributed by atoms with E-state index in [0.717, 1.165) is 64.2 Å². The van der Waals surface area contributed by atoms with Crippen molar-refractivity contribution < 1.29 is 28.6 Å². The van der Waals surface area contributed by atoms with Crippen LogP contribution in [0.3, 0.4) is 0 Å². The zero-order chi connectivity index (χ0) is 47.2. The molecule has 6 heteroatoms. The fourth-order valence-corrected chi connectivity index (χ4v) is 8.54. The summed E-state index contributed by atoms with van der Waals surface area (Å²) >= 11 is 0. The highest BCUT2D eigenvalue weighted by Crippen LogP contribution is 2.17. The average Bonchev–Trinajstić information content (AvgIpc) is 3.30. The molecule has 0 saturated carbocycles. The summed E-state index contributed by atoms with van der Waals surface area (Å²) in [5.74, 6) is -0.865. The van der Waals surface area contributed by atoms with Crippen LogP contribution in [0.4, 0.5) is 0 Å². The predicted molar refractivity (Wildman–Crippen MR) is 279 cm³/mol. The maximum atomic E-state index is 12.8. The Morgan fingerprint density at radius 1 is 0.292 bits per heavy atom. The molecule has 65 heavy (non-hydrogen) atoms. The molecule has 1 atom stereocenters. The standard InChI is InChI=1S/C59H110O6/c1-4-7-10-13-16-19-22-23-24-25-26-27-28-29-30-31-32-33-34-35-38-40-43-46-49-52-58(61)64-55-56(65-59(62)53-50-47-44-41-37-21-18-15-12-9-6-3)54-63-57(60)51-48-45-42-39-36-20-17-14-11-8-5-2/h15,18,25-26,56H,4-14,16-17,19-24,27-55H2,1-3H3/b18-15-,26-25-. The van der Waals surface area contributed by atoms with Gasteiger partial charge in [-0.3, -0.25) is 14.4 Å². The van der Waals surface area contributed by atoms with Crippen molar-refractivity contribution in [3.63, 3.8) is 0 Å². The van der Waals surface area contributed by atoms with Gasteiger partial charge < -0.3 is 14.2 Å². The van der Waals surface area contributed by atoms with Crippen LogP contribution in [-0.4, -0.2) is 37.2 Å². The second kappa shape index (κ2) is 54.5. The zero-order valence-electron chi connectivity index (χ0n) is 43.8. The Hall–Kier alpha value is -2.11. The third kappa shape index (κ3) is 52.7. The van der Waals surface area contributed by atoms with E-state index in [0.29, 0.717) is 19.3 Å². The largest absolute Gasteiger partial charge is 0.462 e. The van der Waals surface area contributed by atoms with Gasteiger partial charge in [0, 0.05) is 19.3 Å². The number of ether oxygens (including phenoxy) is 3. The van der Waals surface area contributed by atoms with Gasteiger partial charge in [-0.2, -0.15) is 0 Å². The lowest BCUT2D eigenvalue weighted by Gasteiger charge is -2.18. The fourth-order valence-electron chi connectivity index (χ4n) is 8.54.